The summed E-state index contributed by atoms with van der Waals surface area (Å²) in [4.78, 5) is 25.6. The normalized spacial score (nSPS) is 14.6. The van der Waals surface area contributed by atoms with Gasteiger partial charge in [0.25, 0.3) is 11.5 Å². The van der Waals surface area contributed by atoms with Gasteiger partial charge >= 0.3 is 0 Å². The van der Waals surface area contributed by atoms with Gasteiger partial charge in [-0.05, 0) is 38.3 Å². The van der Waals surface area contributed by atoms with Gasteiger partial charge in [0.1, 0.15) is 0 Å². The molecule has 1 saturated carbocycles. The molecule has 1 aliphatic carbocycles. The summed E-state index contributed by atoms with van der Waals surface area (Å²) in [7, 11) is 1.72. The molecule has 1 unspecified atom stereocenters. The molecule has 0 aliphatic heterocycles. The molecule has 26 heavy (non-hydrogen) atoms. The highest BCUT2D eigenvalue weighted by Gasteiger charge is 2.25. The molecule has 2 aromatic rings. The van der Waals surface area contributed by atoms with Crippen LogP contribution in [0, 0.1) is 6.92 Å². The molecule has 1 aromatic heterocycles. The van der Waals surface area contributed by atoms with Gasteiger partial charge < -0.3 is 15.2 Å². The SMILES string of the molecule is C=C(NC)c1cc(C(=O)NC2CC2)cn(C(C)c2cccc(C)c2)c1=O. The summed E-state index contributed by atoms with van der Waals surface area (Å²) in [6.07, 6.45) is 3.68. The Balaban J connectivity index is 2.08. The van der Waals surface area contributed by atoms with E-state index in [0.29, 0.717) is 16.8 Å². The summed E-state index contributed by atoms with van der Waals surface area (Å²) < 4.78 is 1.62. The Morgan fingerprint density at radius 1 is 1.31 bits per heavy atom. The maximum atomic E-state index is 13.0. The number of carbonyl (C=O) groups excluding carboxylic acids is 1. The molecule has 1 fully saturated rings. The molecule has 1 atom stereocenters. The van der Waals surface area contributed by atoms with E-state index >= 15 is 0 Å². The average molecular weight is 351 g/mol. The molecular weight excluding hydrogens is 326 g/mol. The molecule has 5 nitrogen and oxygen atoms in total. The molecule has 1 aromatic carbocycles. The van der Waals surface area contributed by atoms with Crippen molar-refractivity contribution in [1.82, 2.24) is 15.2 Å². The number of pyridine rings is 1. The zero-order valence-electron chi connectivity index (χ0n) is 15.5. The van der Waals surface area contributed by atoms with E-state index < -0.39 is 0 Å². The molecule has 0 saturated heterocycles. The highest BCUT2D eigenvalue weighted by atomic mass is 16.2. The van der Waals surface area contributed by atoms with Crippen LogP contribution in [-0.4, -0.2) is 23.6 Å². The minimum absolute atomic E-state index is 0.150. The maximum absolute atomic E-state index is 13.0. The van der Waals surface area contributed by atoms with Crippen molar-refractivity contribution in [3.8, 4) is 0 Å². The van der Waals surface area contributed by atoms with Crippen LogP contribution >= 0.6 is 0 Å². The van der Waals surface area contributed by atoms with Crippen LogP contribution in [0.3, 0.4) is 0 Å². The molecule has 136 valence electrons. The van der Waals surface area contributed by atoms with Gasteiger partial charge in [0.15, 0.2) is 0 Å². The van der Waals surface area contributed by atoms with Gasteiger partial charge in [-0.25, -0.2) is 0 Å². The third-order valence-corrected chi connectivity index (χ3v) is 4.79. The third kappa shape index (κ3) is 3.72. The monoisotopic (exact) mass is 351 g/mol. The second kappa shape index (κ2) is 7.20. The van der Waals surface area contributed by atoms with Gasteiger partial charge in [-0.15, -0.1) is 0 Å². The van der Waals surface area contributed by atoms with Gasteiger partial charge in [0, 0.05) is 25.0 Å². The highest BCUT2D eigenvalue weighted by Crippen LogP contribution is 2.21. The predicted molar refractivity (Wildman–Crippen MR) is 104 cm³/mol. The van der Waals surface area contributed by atoms with Crippen molar-refractivity contribution in [2.75, 3.05) is 7.05 Å². The van der Waals surface area contributed by atoms with E-state index in [9.17, 15) is 9.59 Å². The number of hydrogen-bond acceptors (Lipinski definition) is 3. The second-order valence-corrected chi connectivity index (χ2v) is 6.92. The largest absolute Gasteiger partial charge is 0.388 e. The minimum atomic E-state index is -0.195. The van der Waals surface area contributed by atoms with E-state index in [1.54, 1.807) is 23.9 Å². The van der Waals surface area contributed by atoms with Crippen molar-refractivity contribution >= 4 is 11.6 Å². The van der Waals surface area contributed by atoms with Gasteiger partial charge in [0.2, 0.25) is 0 Å². The smallest absolute Gasteiger partial charge is 0.260 e. The summed E-state index contributed by atoms with van der Waals surface area (Å²) in [6.45, 7) is 7.89. The van der Waals surface area contributed by atoms with E-state index in [4.69, 9.17) is 0 Å². The van der Waals surface area contributed by atoms with Crippen molar-refractivity contribution in [1.29, 1.82) is 0 Å². The van der Waals surface area contributed by atoms with E-state index in [0.717, 1.165) is 24.0 Å². The summed E-state index contributed by atoms with van der Waals surface area (Å²) in [5, 5.41) is 5.90. The molecule has 0 bridgehead atoms. The molecule has 1 aliphatic rings. The molecular formula is C21H25N3O2. The first kappa shape index (κ1) is 18.0. The van der Waals surface area contributed by atoms with Gasteiger partial charge in [-0.2, -0.15) is 0 Å². The Labute approximate surface area is 153 Å². The minimum Gasteiger partial charge on any atom is -0.388 e. The Morgan fingerprint density at radius 3 is 2.65 bits per heavy atom. The number of hydrogen-bond donors (Lipinski definition) is 2. The van der Waals surface area contributed by atoms with Crippen molar-refractivity contribution < 1.29 is 4.79 Å². The number of rotatable bonds is 6. The number of carbonyl (C=O) groups is 1. The van der Waals surface area contributed by atoms with Crippen LogP contribution in [0.4, 0.5) is 0 Å². The molecule has 5 heteroatoms. The van der Waals surface area contributed by atoms with Crippen LogP contribution in [0.5, 0.6) is 0 Å². The van der Waals surface area contributed by atoms with Crippen LogP contribution in [0.2, 0.25) is 0 Å². The highest BCUT2D eigenvalue weighted by molar-refractivity contribution is 5.95. The Kier molecular flexibility index (Phi) is 4.98. The fraction of sp³-hybridized carbons (Fsp3) is 0.333. The van der Waals surface area contributed by atoms with Crippen molar-refractivity contribution in [2.24, 2.45) is 0 Å². The first-order valence-electron chi connectivity index (χ1n) is 8.91. The quantitative estimate of drug-likeness (QED) is 0.841. The fourth-order valence-electron chi connectivity index (χ4n) is 2.95. The lowest BCUT2D eigenvalue weighted by molar-refractivity contribution is 0.0950. The van der Waals surface area contributed by atoms with Crippen LogP contribution in [-0.2, 0) is 0 Å². The summed E-state index contributed by atoms with van der Waals surface area (Å²) in [5.41, 5.74) is 3.37. The fourth-order valence-corrected chi connectivity index (χ4v) is 2.95. The third-order valence-electron chi connectivity index (χ3n) is 4.79. The van der Waals surface area contributed by atoms with Crippen molar-refractivity contribution in [3.05, 3.63) is 75.7 Å². The number of aromatic nitrogens is 1. The van der Waals surface area contributed by atoms with Crippen LogP contribution in [0.1, 0.15) is 52.9 Å². The number of nitrogens with zero attached hydrogens (tertiary/aromatic N) is 1. The van der Waals surface area contributed by atoms with E-state index in [1.165, 1.54) is 0 Å². The lowest BCUT2D eigenvalue weighted by atomic mass is 10.0. The van der Waals surface area contributed by atoms with E-state index in [1.807, 2.05) is 32.0 Å². The Morgan fingerprint density at radius 2 is 2.04 bits per heavy atom. The summed E-state index contributed by atoms with van der Waals surface area (Å²) in [6, 6.07) is 9.73. The Hall–Kier alpha value is -2.82. The first-order chi connectivity index (χ1) is 12.4. The van der Waals surface area contributed by atoms with Gasteiger partial charge in [0.05, 0.1) is 17.2 Å². The first-order valence-corrected chi connectivity index (χ1v) is 8.91. The predicted octanol–water partition coefficient (Wildman–Crippen LogP) is 2.85. The van der Waals surface area contributed by atoms with Gasteiger partial charge in [-0.3, -0.25) is 9.59 Å². The number of aryl methyl sites for hydroxylation is 1. The standard InChI is InChI=1S/C21H25N3O2/c1-13-6-5-7-16(10-13)15(3)24-12-17(20(25)23-18-8-9-18)11-19(21(24)26)14(2)22-4/h5-7,10-12,15,18,22H,2,8-9H2,1,3-4H3,(H,23,25). The van der Waals surface area contributed by atoms with Crippen molar-refractivity contribution in [3.63, 3.8) is 0 Å². The lowest BCUT2D eigenvalue weighted by Gasteiger charge is -2.19. The molecule has 0 radical (unpaired) electrons. The summed E-state index contributed by atoms with van der Waals surface area (Å²) >= 11 is 0. The maximum Gasteiger partial charge on any atom is 0.260 e. The molecule has 3 rings (SSSR count). The molecule has 2 N–H and O–H groups in total. The molecule has 1 heterocycles. The Bertz CT molecular complexity index is 910. The van der Waals surface area contributed by atoms with Crippen LogP contribution in [0.15, 0.2) is 47.9 Å². The van der Waals surface area contributed by atoms with Crippen LogP contribution < -0.4 is 16.2 Å². The average Bonchev–Trinajstić information content (AvgIpc) is 3.44. The summed E-state index contributed by atoms with van der Waals surface area (Å²) in [5.74, 6) is -0.150. The zero-order chi connectivity index (χ0) is 18.8. The second-order valence-electron chi connectivity index (χ2n) is 6.92. The lowest BCUT2D eigenvalue weighted by Crippen LogP contribution is -2.32. The molecule has 1 amide bonds. The topological polar surface area (TPSA) is 63.1 Å². The van der Waals surface area contributed by atoms with E-state index in [-0.39, 0.29) is 23.6 Å². The number of benzene rings is 1. The van der Waals surface area contributed by atoms with E-state index in [2.05, 4.69) is 23.3 Å². The number of nitrogens with one attached hydrogen (secondary N) is 2. The van der Waals surface area contributed by atoms with Crippen LogP contribution in [0.25, 0.3) is 5.70 Å². The van der Waals surface area contributed by atoms with Gasteiger partial charge in [-0.1, -0.05) is 36.4 Å². The number of amides is 1. The molecule has 0 spiro atoms. The zero-order valence-corrected chi connectivity index (χ0v) is 15.5. The van der Waals surface area contributed by atoms with Crippen molar-refractivity contribution in [2.45, 2.75) is 38.8 Å².